The topological polar surface area (TPSA) is 58.6 Å². The highest BCUT2D eigenvalue weighted by atomic mass is 32.1. The molecule has 1 aromatic carbocycles. The lowest BCUT2D eigenvalue weighted by atomic mass is 10.2. The fraction of sp³-hybridized carbons (Fsp3) is 0.267. The van der Waals surface area contributed by atoms with Crippen molar-refractivity contribution in [1.82, 2.24) is 5.32 Å². The predicted molar refractivity (Wildman–Crippen MR) is 79.4 cm³/mol. The second-order valence-corrected chi connectivity index (χ2v) is 5.42. The van der Waals surface area contributed by atoms with E-state index in [0.717, 1.165) is 22.7 Å². The number of rotatable bonds is 7. The molecule has 106 valence electrons. The first-order chi connectivity index (χ1) is 9.69. The number of ether oxygens (including phenoxy) is 1. The third-order valence-electron chi connectivity index (χ3n) is 2.71. The monoisotopic (exact) mass is 291 g/mol. The molecule has 0 fully saturated rings. The maximum absolute atomic E-state index is 10.8. The zero-order valence-electron chi connectivity index (χ0n) is 11.3. The number of benzene rings is 1. The molecule has 0 unspecified atom stereocenters. The van der Waals surface area contributed by atoms with Crippen molar-refractivity contribution >= 4 is 17.3 Å². The van der Waals surface area contributed by atoms with Gasteiger partial charge >= 0.3 is 5.97 Å². The molecule has 0 spiro atoms. The molecule has 5 heteroatoms. The van der Waals surface area contributed by atoms with Crippen molar-refractivity contribution in [2.75, 3.05) is 6.61 Å². The fourth-order valence-corrected chi connectivity index (χ4v) is 2.65. The van der Waals surface area contributed by atoms with Crippen molar-refractivity contribution in [2.45, 2.75) is 20.0 Å². The van der Waals surface area contributed by atoms with Gasteiger partial charge in [-0.15, -0.1) is 11.3 Å². The molecule has 4 nitrogen and oxygen atoms in total. The van der Waals surface area contributed by atoms with Gasteiger partial charge in [0.15, 0.2) is 0 Å². The molecule has 0 saturated carbocycles. The smallest absolute Gasteiger partial charge is 0.345 e. The molecule has 0 aliphatic heterocycles. The standard InChI is InChI=1S/C15H17NO3S/c1-2-19-12-5-3-4-11(8-12)9-16-10-13-6-7-14(20-13)15(17)18/h3-8,16H,2,9-10H2,1H3,(H,17,18). The normalized spacial score (nSPS) is 10.4. The Bertz CT molecular complexity index is 580. The van der Waals surface area contributed by atoms with Gasteiger partial charge in [0.2, 0.25) is 0 Å². The van der Waals surface area contributed by atoms with Crippen LogP contribution in [0.25, 0.3) is 0 Å². The number of carboxylic acid groups (broad SMARTS) is 1. The first kappa shape index (κ1) is 14.6. The van der Waals surface area contributed by atoms with E-state index in [1.54, 1.807) is 6.07 Å². The highest BCUT2D eigenvalue weighted by Gasteiger charge is 2.06. The van der Waals surface area contributed by atoms with Crippen LogP contribution in [-0.2, 0) is 13.1 Å². The van der Waals surface area contributed by atoms with Gasteiger partial charge in [-0.25, -0.2) is 4.79 Å². The maximum atomic E-state index is 10.8. The van der Waals surface area contributed by atoms with E-state index in [1.165, 1.54) is 11.3 Å². The van der Waals surface area contributed by atoms with Gasteiger partial charge < -0.3 is 15.2 Å². The minimum absolute atomic E-state index is 0.375. The lowest BCUT2D eigenvalue weighted by molar-refractivity contribution is 0.0702. The molecule has 0 aliphatic carbocycles. The molecule has 0 aliphatic rings. The lowest BCUT2D eigenvalue weighted by Crippen LogP contribution is -2.11. The van der Waals surface area contributed by atoms with E-state index in [2.05, 4.69) is 5.32 Å². The largest absolute Gasteiger partial charge is 0.494 e. The highest BCUT2D eigenvalue weighted by molar-refractivity contribution is 7.13. The second-order valence-electron chi connectivity index (χ2n) is 4.26. The molecule has 0 saturated heterocycles. The molecule has 2 rings (SSSR count). The van der Waals surface area contributed by atoms with E-state index in [4.69, 9.17) is 9.84 Å². The van der Waals surface area contributed by atoms with Crippen molar-refractivity contribution in [3.63, 3.8) is 0 Å². The summed E-state index contributed by atoms with van der Waals surface area (Å²) in [6, 6.07) is 11.4. The first-order valence-electron chi connectivity index (χ1n) is 6.43. The molecule has 0 bridgehead atoms. The van der Waals surface area contributed by atoms with Crippen LogP contribution in [-0.4, -0.2) is 17.7 Å². The number of thiophene rings is 1. The van der Waals surface area contributed by atoms with Gasteiger partial charge in [0.25, 0.3) is 0 Å². The number of carboxylic acids is 1. The SMILES string of the molecule is CCOc1cccc(CNCc2ccc(C(=O)O)s2)c1. The Morgan fingerprint density at radius 3 is 2.85 bits per heavy atom. The molecule has 2 N–H and O–H groups in total. The first-order valence-corrected chi connectivity index (χ1v) is 7.25. The zero-order chi connectivity index (χ0) is 14.4. The molecule has 2 aromatic rings. The Hall–Kier alpha value is -1.85. The van der Waals surface area contributed by atoms with Gasteiger partial charge in [0, 0.05) is 18.0 Å². The molecule has 1 aromatic heterocycles. The number of carbonyl (C=O) groups is 1. The molecule has 0 amide bonds. The van der Waals surface area contributed by atoms with E-state index in [1.807, 2.05) is 37.3 Å². The summed E-state index contributed by atoms with van der Waals surface area (Å²) < 4.78 is 5.45. The molecular weight excluding hydrogens is 274 g/mol. The highest BCUT2D eigenvalue weighted by Crippen LogP contribution is 2.17. The van der Waals surface area contributed by atoms with Crippen LogP contribution in [0.3, 0.4) is 0 Å². The fourth-order valence-electron chi connectivity index (χ4n) is 1.83. The van der Waals surface area contributed by atoms with E-state index in [9.17, 15) is 4.79 Å². The van der Waals surface area contributed by atoms with Gasteiger partial charge in [-0.05, 0) is 36.8 Å². The molecule has 0 radical (unpaired) electrons. The van der Waals surface area contributed by atoms with Gasteiger partial charge in [0.05, 0.1) is 6.61 Å². The number of hydrogen-bond acceptors (Lipinski definition) is 4. The zero-order valence-corrected chi connectivity index (χ0v) is 12.1. The van der Waals surface area contributed by atoms with E-state index >= 15 is 0 Å². The number of nitrogens with one attached hydrogen (secondary N) is 1. The van der Waals surface area contributed by atoms with Gasteiger partial charge in [-0.3, -0.25) is 0 Å². The van der Waals surface area contributed by atoms with Crippen LogP contribution in [0.5, 0.6) is 5.75 Å². The predicted octanol–water partition coefficient (Wildman–Crippen LogP) is 3.13. The van der Waals surface area contributed by atoms with Crippen LogP contribution in [0, 0.1) is 0 Å². The third-order valence-corrected chi connectivity index (χ3v) is 3.78. The Morgan fingerprint density at radius 1 is 1.30 bits per heavy atom. The summed E-state index contributed by atoms with van der Waals surface area (Å²) in [5, 5.41) is 12.2. The Labute approximate surface area is 122 Å². The summed E-state index contributed by atoms with van der Waals surface area (Å²) in [6.45, 7) is 4.00. The van der Waals surface area contributed by atoms with Gasteiger partial charge in [-0.2, -0.15) is 0 Å². The van der Waals surface area contributed by atoms with Crippen molar-refractivity contribution in [2.24, 2.45) is 0 Å². The van der Waals surface area contributed by atoms with Crippen molar-refractivity contribution in [1.29, 1.82) is 0 Å². The summed E-state index contributed by atoms with van der Waals surface area (Å²) in [5.41, 5.74) is 1.14. The Balaban J connectivity index is 1.85. The average Bonchev–Trinajstić information content (AvgIpc) is 2.89. The maximum Gasteiger partial charge on any atom is 0.345 e. The summed E-state index contributed by atoms with van der Waals surface area (Å²) in [6.07, 6.45) is 0. The minimum atomic E-state index is -0.870. The van der Waals surface area contributed by atoms with Gasteiger partial charge in [0.1, 0.15) is 10.6 Å². The van der Waals surface area contributed by atoms with Crippen molar-refractivity contribution in [3.8, 4) is 5.75 Å². The van der Waals surface area contributed by atoms with Crippen LogP contribution >= 0.6 is 11.3 Å². The average molecular weight is 291 g/mol. The van der Waals surface area contributed by atoms with Gasteiger partial charge in [-0.1, -0.05) is 12.1 Å². The quantitative estimate of drug-likeness (QED) is 0.823. The van der Waals surface area contributed by atoms with E-state index in [-0.39, 0.29) is 0 Å². The third kappa shape index (κ3) is 4.08. The van der Waals surface area contributed by atoms with Crippen molar-refractivity contribution < 1.29 is 14.6 Å². The number of hydrogen-bond donors (Lipinski definition) is 2. The molecule has 20 heavy (non-hydrogen) atoms. The lowest BCUT2D eigenvalue weighted by Gasteiger charge is -2.07. The Kier molecular flexibility index (Phi) is 5.15. The molecular formula is C15H17NO3S. The number of aromatic carboxylic acids is 1. The molecule has 0 atom stereocenters. The summed E-state index contributed by atoms with van der Waals surface area (Å²) >= 11 is 1.30. The summed E-state index contributed by atoms with van der Waals surface area (Å²) in [7, 11) is 0. The van der Waals surface area contributed by atoms with Crippen LogP contribution < -0.4 is 10.1 Å². The van der Waals surface area contributed by atoms with Crippen molar-refractivity contribution in [3.05, 3.63) is 51.7 Å². The van der Waals surface area contributed by atoms with Crippen LogP contribution in [0.4, 0.5) is 0 Å². The van der Waals surface area contributed by atoms with E-state index < -0.39 is 5.97 Å². The summed E-state index contributed by atoms with van der Waals surface area (Å²) in [5.74, 6) is 0.00162. The minimum Gasteiger partial charge on any atom is -0.494 e. The van der Waals surface area contributed by atoms with Crippen LogP contribution in [0.2, 0.25) is 0 Å². The summed E-state index contributed by atoms with van der Waals surface area (Å²) in [4.78, 5) is 12.2. The van der Waals surface area contributed by atoms with E-state index in [0.29, 0.717) is 18.0 Å². The second kappa shape index (κ2) is 7.07. The van der Waals surface area contributed by atoms with Crippen LogP contribution in [0.15, 0.2) is 36.4 Å². The Morgan fingerprint density at radius 2 is 2.15 bits per heavy atom. The van der Waals surface area contributed by atoms with Crippen LogP contribution in [0.1, 0.15) is 27.0 Å². The molecule has 1 heterocycles.